The molecule has 0 spiro atoms. The zero-order valence-corrected chi connectivity index (χ0v) is 12.0. The van der Waals surface area contributed by atoms with Crippen LogP contribution in [0.1, 0.15) is 23.2 Å². The van der Waals surface area contributed by atoms with E-state index in [0.717, 1.165) is 0 Å². The second-order valence-corrected chi connectivity index (χ2v) is 5.19. The summed E-state index contributed by atoms with van der Waals surface area (Å²) in [4.78, 5) is 37.2. The average molecular weight is 291 g/mol. The van der Waals surface area contributed by atoms with Crippen LogP contribution in [0.2, 0.25) is 0 Å². The Labute approximate surface area is 122 Å². The first-order valence-corrected chi connectivity index (χ1v) is 6.67. The van der Waals surface area contributed by atoms with E-state index in [1.807, 2.05) is 0 Å². The fourth-order valence-corrected chi connectivity index (χ4v) is 2.32. The molecule has 1 saturated heterocycles. The molecule has 0 N–H and O–H groups in total. The van der Waals surface area contributed by atoms with Gasteiger partial charge in [0, 0.05) is 51.7 Å². The molecule has 0 saturated carbocycles. The lowest BCUT2D eigenvalue weighted by molar-refractivity contribution is -0.384. The van der Waals surface area contributed by atoms with E-state index in [9.17, 15) is 19.7 Å². The molecule has 0 aliphatic carbocycles. The van der Waals surface area contributed by atoms with Gasteiger partial charge < -0.3 is 9.80 Å². The number of nitro groups is 1. The molecule has 0 unspecified atom stereocenters. The zero-order valence-electron chi connectivity index (χ0n) is 12.0. The summed E-state index contributed by atoms with van der Waals surface area (Å²) < 4.78 is 0. The van der Waals surface area contributed by atoms with Crippen LogP contribution in [0.25, 0.3) is 0 Å². The van der Waals surface area contributed by atoms with Gasteiger partial charge in [-0.1, -0.05) is 0 Å². The number of amides is 1. The van der Waals surface area contributed by atoms with E-state index >= 15 is 0 Å². The van der Waals surface area contributed by atoms with Crippen molar-refractivity contribution in [3.8, 4) is 0 Å². The van der Waals surface area contributed by atoms with Crippen LogP contribution in [-0.4, -0.2) is 48.7 Å². The maximum atomic E-state index is 12.0. The molecule has 0 aromatic heterocycles. The number of anilines is 1. The third-order valence-electron chi connectivity index (χ3n) is 3.49. The van der Waals surface area contributed by atoms with Crippen LogP contribution in [0.5, 0.6) is 0 Å². The van der Waals surface area contributed by atoms with Crippen LogP contribution in [-0.2, 0) is 4.79 Å². The summed E-state index contributed by atoms with van der Waals surface area (Å²) in [5.41, 5.74) is 0.761. The number of nitro benzene ring substituents is 1. The molecule has 1 amide bonds. The summed E-state index contributed by atoms with van der Waals surface area (Å²) in [6, 6.07) is 4.35. The lowest BCUT2D eigenvalue weighted by Crippen LogP contribution is -2.34. The molecule has 112 valence electrons. The highest BCUT2D eigenvalue weighted by atomic mass is 16.6. The first kappa shape index (κ1) is 15.0. The lowest BCUT2D eigenvalue weighted by Gasteiger charge is -2.28. The summed E-state index contributed by atoms with van der Waals surface area (Å²) in [6.07, 6.45) is 0.756. The van der Waals surface area contributed by atoms with Gasteiger partial charge in [0.05, 0.1) is 4.92 Å². The highest BCUT2D eigenvalue weighted by molar-refractivity contribution is 5.95. The molecule has 21 heavy (non-hydrogen) atoms. The Morgan fingerprint density at radius 3 is 2.43 bits per heavy atom. The van der Waals surface area contributed by atoms with Crippen molar-refractivity contribution in [2.45, 2.75) is 12.8 Å². The minimum atomic E-state index is -0.463. The fourth-order valence-electron chi connectivity index (χ4n) is 2.32. The smallest absolute Gasteiger partial charge is 0.292 e. The van der Waals surface area contributed by atoms with Crippen molar-refractivity contribution in [1.82, 2.24) is 4.90 Å². The monoisotopic (exact) mass is 291 g/mol. The van der Waals surface area contributed by atoms with Crippen molar-refractivity contribution >= 4 is 23.1 Å². The van der Waals surface area contributed by atoms with Crippen LogP contribution in [0.15, 0.2) is 18.2 Å². The Morgan fingerprint density at radius 2 is 1.90 bits per heavy atom. The number of Topliss-reactive ketones (excluding diaryl/α,β-unsaturated/α-hetero) is 1. The van der Waals surface area contributed by atoms with Crippen LogP contribution >= 0.6 is 0 Å². The molecule has 1 fully saturated rings. The topological polar surface area (TPSA) is 83.8 Å². The molecular formula is C14H17N3O4. The van der Waals surface area contributed by atoms with E-state index < -0.39 is 4.92 Å². The van der Waals surface area contributed by atoms with E-state index in [1.165, 1.54) is 23.1 Å². The maximum absolute atomic E-state index is 12.0. The quantitative estimate of drug-likeness (QED) is 0.622. The van der Waals surface area contributed by atoms with Gasteiger partial charge in [-0.25, -0.2) is 0 Å². The molecule has 1 aromatic rings. The second-order valence-electron chi connectivity index (χ2n) is 5.19. The van der Waals surface area contributed by atoms with Gasteiger partial charge in [-0.15, -0.1) is 0 Å². The van der Waals surface area contributed by atoms with E-state index in [-0.39, 0.29) is 17.4 Å². The standard InChI is InChI=1S/C14H17N3O4/c1-15(2)14(19)10-3-4-12(17(20)21)13(9-10)16-7-5-11(18)6-8-16/h3-4,9H,5-8H2,1-2H3. The number of rotatable bonds is 3. The van der Waals surface area contributed by atoms with Crippen LogP contribution in [0.4, 0.5) is 11.4 Å². The predicted octanol–water partition coefficient (Wildman–Crippen LogP) is 1.47. The average Bonchev–Trinajstić information content (AvgIpc) is 2.46. The summed E-state index contributed by atoms with van der Waals surface area (Å²) in [7, 11) is 3.26. The second kappa shape index (κ2) is 5.90. The van der Waals surface area contributed by atoms with E-state index in [2.05, 4.69) is 0 Å². The van der Waals surface area contributed by atoms with Crippen molar-refractivity contribution in [2.24, 2.45) is 0 Å². The van der Waals surface area contributed by atoms with Gasteiger partial charge >= 0.3 is 0 Å². The number of hydrogen-bond donors (Lipinski definition) is 0. The third-order valence-corrected chi connectivity index (χ3v) is 3.49. The van der Waals surface area contributed by atoms with Crippen molar-refractivity contribution < 1.29 is 14.5 Å². The van der Waals surface area contributed by atoms with E-state index in [4.69, 9.17) is 0 Å². The number of hydrogen-bond acceptors (Lipinski definition) is 5. The third kappa shape index (κ3) is 3.18. The van der Waals surface area contributed by atoms with Crippen LogP contribution in [0.3, 0.4) is 0 Å². The van der Waals surface area contributed by atoms with Gasteiger partial charge in [-0.05, 0) is 12.1 Å². The molecular weight excluding hydrogens is 274 g/mol. The lowest BCUT2D eigenvalue weighted by atomic mass is 10.1. The van der Waals surface area contributed by atoms with Gasteiger partial charge in [0.25, 0.3) is 11.6 Å². The predicted molar refractivity (Wildman–Crippen MR) is 77.6 cm³/mol. The molecule has 1 heterocycles. The van der Waals surface area contributed by atoms with Crippen LogP contribution in [0, 0.1) is 10.1 Å². The Bertz CT molecular complexity index is 588. The van der Waals surface area contributed by atoms with Gasteiger partial charge in [0.15, 0.2) is 0 Å². The molecule has 7 nitrogen and oxygen atoms in total. The molecule has 0 bridgehead atoms. The molecule has 1 aromatic carbocycles. The van der Waals surface area contributed by atoms with Crippen molar-refractivity contribution in [3.63, 3.8) is 0 Å². The Kier molecular flexibility index (Phi) is 4.21. The van der Waals surface area contributed by atoms with Gasteiger partial charge in [0.2, 0.25) is 0 Å². The Morgan fingerprint density at radius 1 is 1.29 bits per heavy atom. The normalized spacial score (nSPS) is 15.0. The molecule has 1 aliphatic rings. The van der Waals surface area contributed by atoms with Crippen molar-refractivity contribution in [2.75, 3.05) is 32.1 Å². The first-order valence-electron chi connectivity index (χ1n) is 6.67. The summed E-state index contributed by atoms with van der Waals surface area (Å²) in [5.74, 6) is -0.0475. The number of carbonyl (C=O) groups is 2. The maximum Gasteiger partial charge on any atom is 0.292 e. The number of benzene rings is 1. The number of ketones is 1. The zero-order chi connectivity index (χ0) is 15.6. The van der Waals surface area contributed by atoms with E-state index in [1.54, 1.807) is 19.0 Å². The fraction of sp³-hybridized carbons (Fsp3) is 0.429. The van der Waals surface area contributed by atoms with Gasteiger partial charge in [-0.3, -0.25) is 19.7 Å². The molecule has 2 rings (SSSR count). The van der Waals surface area contributed by atoms with Crippen molar-refractivity contribution in [3.05, 3.63) is 33.9 Å². The van der Waals surface area contributed by atoms with Crippen LogP contribution < -0.4 is 4.90 Å². The molecule has 0 radical (unpaired) electrons. The Balaban J connectivity index is 2.40. The van der Waals surface area contributed by atoms with Gasteiger partial charge in [-0.2, -0.15) is 0 Å². The van der Waals surface area contributed by atoms with Crippen molar-refractivity contribution in [1.29, 1.82) is 0 Å². The number of nitrogens with zero attached hydrogens (tertiary/aromatic N) is 3. The minimum absolute atomic E-state index is 0.0420. The minimum Gasteiger partial charge on any atom is -0.365 e. The first-order chi connectivity index (χ1) is 9.90. The highest BCUT2D eigenvalue weighted by Gasteiger charge is 2.25. The largest absolute Gasteiger partial charge is 0.365 e. The number of piperidine rings is 1. The van der Waals surface area contributed by atoms with E-state index in [0.29, 0.717) is 37.2 Å². The summed E-state index contributed by atoms with van der Waals surface area (Å²) in [5, 5.41) is 11.2. The molecule has 1 aliphatic heterocycles. The van der Waals surface area contributed by atoms with Gasteiger partial charge in [0.1, 0.15) is 11.5 Å². The summed E-state index contributed by atoms with van der Waals surface area (Å²) >= 11 is 0. The summed E-state index contributed by atoms with van der Waals surface area (Å²) in [6.45, 7) is 0.887. The molecule has 0 atom stereocenters. The SMILES string of the molecule is CN(C)C(=O)c1ccc([N+](=O)[O-])c(N2CCC(=O)CC2)c1. The Hall–Kier alpha value is -2.44. The number of carbonyl (C=O) groups excluding carboxylic acids is 2. The highest BCUT2D eigenvalue weighted by Crippen LogP contribution is 2.31. The molecule has 7 heteroatoms.